The minimum absolute atomic E-state index is 0.0258. The van der Waals surface area contributed by atoms with E-state index >= 15 is 0 Å². The van der Waals surface area contributed by atoms with Crippen LogP contribution < -0.4 is 15.2 Å². The molecule has 0 saturated carbocycles. The van der Waals surface area contributed by atoms with Crippen LogP contribution >= 0.6 is 12.2 Å². The third-order valence-electron chi connectivity index (χ3n) is 2.55. The zero-order chi connectivity index (χ0) is 16.3. The Balaban J connectivity index is 2.79. The highest BCUT2D eigenvalue weighted by Crippen LogP contribution is 2.15. The van der Waals surface area contributed by atoms with E-state index in [1.165, 1.54) is 12.1 Å². The van der Waals surface area contributed by atoms with E-state index in [0.717, 1.165) is 6.26 Å². The molecule has 0 radical (unpaired) electrons. The van der Waals surface area contributed by atoms with Crippen molar-refractivity contribution in [2.45, 2.75) is 11.8 Å². The maximum Gasteiger partial charge on any atom is 0.240 e. The van der Waals surface area contributed by atoms with Gasteiger partial charge in [0.1, 0.15) is 4.99 Å². The lowest BCUT2D eigenvalue weighted by molar-refractivity contribution is 0.573. The molecular formula is C11H17N3O4S3. The van der Waals surface area contributed by atoms with E-state index < -0.39 is 20.0 Å². The van der Waals surface area contributed by atoms with Crippen molar-refractivity contribution in [3.8, 4) is 0 Å². The molecule has 0 heterocycles. The van der Waals surface area contributed by atoms with Crippen molar-refractivity contribution in [2.24, 2.45) is 5.73 Å². The van der Waals surface area contributed by atoms with Crippen molar-refractivity contribution in [3.63, 3.8) is 0 Å². The quantitative estimate of drug-likeness (QED) is 0.448. The van der Waals surface area contributed by atoms with Gasteiger partial charge in [-0.25, -0.2) is 26.3 Å². The number of sulfonamides is 2. The smallest absolute Gasteiger partial charge is 0.240 e. The molecule has 0 aromatic heterocycles. The SMILES string of the molecule is Cc1cc(S(=O)(=O)NCCNS(C)(=O)=O)ccc1C(N)=S. The topological polar surface area (TPSA) is 118 Å². The summed E-state index contributed by atoms with van der Waals surface area (Å²) in [5.41, 5.74) is 6.78. The van der Waals surface area contributed by atoms with Gasteiger partial charge in [0.05, 0.1) is 11.2 Å². The van der Waals surface area contributed by atoms with Crippen LogP contribution in [-0.4, -0.2) is 41.2 Å². The molecule has 7 nitrogen and oxygen atoms in total. The molecule has 118 valence electrons. The number of nitrogens with one attached hydrogen (secondary N) is 2. The molecule has 1 rings (SSSR count). The lowest BCUT2D eigenvalue weighted by Crippen LogP contribution is -2.34. The van der Waals surface area contributed by atoms with Gasteiger partial charge in [0.2, 0.25) is 20.0 Å². The standard InChI is InChI=1S/C11H17N3O4S3/c1-8-7-9(3-4-10(8)11(12)19)21(17,18)14-6-5-13-20(2,15)16/h3-4,7,13-14H,5-6H2,1-2H3,(H2,12,19). The first kappa shape index (κ1) is 18.0. The first-order valence-electron chi connectivity index (χ1n) is 5.88. The predicted molar refractivity (Wildman–Crippen MR) is 85.1 cm³/mol. The molecule has 0 saturated heterocycles. The first-order valence-corrected chi connectivity index (χ1v) is 9.66. The fourth-order valence-corrected chi connectivity index (χ4v) is 3.40. The summed E-state index contributed by atoms with van der Waals surface area (Å²) in [6.45, 7) is 1.63. The molecule has 0 atom stereocenters. The van der Waals surface area contributed by atoms with Gasteiger partial charge in [-0.1, -0.05) is 18.3 Å². The third-order valence-corrected chi connectivity index (χ3v) is 4.96. The highest BCUT2D eigenvalue weighted by atomic mass is 32.2. The second-order valence-electron chi connectivity index (χ2n) is 4.41. The van der Waals surface area contributed by atoms with Crippen LogP contribution in [0.3, 0.4) is 0 Å². The fourth-order valence-electron chi connectivity index (χ4n) is 1.58. The number of thiocarbonyl (C=S) groups is 1. The van der Waals surface area contributed by atoms with Crippen LogP contribution in [-0.2, 0) is 20.0 Å². The average Bonchev–Trinajstić information content (AvgIpc) is 2.33. The minimum Gasteiger partial charge on any atom is -0.389 e. The van der Waals surface area contributed by atoms with Gasteiger partial charge in [-0.3, -0.25) is 0 Å². The van der Waals surface area contributed by atoms with Crippen molar-refractivity contribution in [3.05, 3.63) is 29.3 Å². The number of nitrogens with two attached hydrogens (primary N) is 1. The second kappa shape index (κ2) is 6.79. The first-order chi connectivity index (χ1) is 9.53. The van der Waals surface area contributed by atoms with Crippen molar-refractivity contribution in [1.82, 2.24) is 9.44 Å². The second-order valence-corrected chi connectivity index (χ2v) is 8.45. The van der Waals surface area contributed by atoms with Crippen molar-refractivity contribution in [1.29, 1.82) is 0 Å². The van der Waals surface area contributed by atoms with Crippen molar-refractivity contribution >= 4 is 37.3 Å². The normalized spacial score (nSPS) is 12.3. The van der Waals surface area contributed by atoms with Crippen LogP contribution in [0.25, 0.3) is 0 Å². The molecule has 0 fully saturated rings. The highest BCUT2D eigenvalue weighted by Gasteiger charge is 2.15. The molecule has 1 aromatic carbocycles. The lowest BCUT2D eigenvalue weighted by Gasteiger charge is -2.10. The van der Waals surface area contributed by atoms with Gasteiger partial charge in [0, 0.05) is 18.7 Å². The van der Waals surface area contributed by atoms with E-state index in [-0.39, 0.29) is 23.0 Å². The summed E-state index contributed by atoms with van der Waals surface area (Å²) in [5.74, 6) is 0. The van der Waals surface area contributed by atoms with Crippen LogP contribution in [0.4, 0.5) is 0 Å². The third kappa shape index (κ3) is 5.67. The molecule has 4 N–H and O–H groups in total. The molecule has 0 spiro atoms. The minimum atomic E-state index is -3.71. The number of hydrogen-bond donors (Lipinski definition) is 3. The Hall–Kier alpha value is -1.07. The van der Waals surface area contributed by atoms with E-state index in [0.29, 0.717) is 11.1 Å². The van der Waals surface area contributed by atoms with Crippen molar-refractivity contribution < 1.29 is 16.8 Å². The summed E-state index contributed by atoms with van der Waals surface area (Å²) >= 11 is 4.85. The maximum absolute atomic E-state index is 12.0. The van der Waals surface area contributed by atoms with Gasteiger partial charge in [-0.15, -0.1) is 0 Å². The molecule has 0 unspecified atom stereocenters. The van der Waals surface area contributed by atoms with Crippen LogP contribution in [0.2, 0.25) is 0 Å². The largest absolute Gasteiger partial charge is 0.389 e. The molecule has 0 aliphatic heterocycles. The van der Waals surface area contributed by atoms with E-state index in [1.807, 2.05) is 0 Å². The Labute approximate surface area is 130 Å². The Morgan fingerprint density at radius 2 is 1.76 bits per heavy atom. The van der Waals surface area contributed by atoms with E-state index in [2.05, 4.69) is 9.44 Å². The van der Waals surface area contributed by atoms with Gasteiger partial charge in [-0.2, -0.15) is 0 Å². The summed E-state index contributed by atoms with van der Waals surface area (Å²) in [4.78, 5) is 0.265. The lowest BCUT2D eigenvalue weighted by atomic mass is 10.1. The molecule has 0 aliphatic rings. The Morgan fingerprint density at radius 3 is 2.24 bits per heavy atom. The predicted octanol–water partition coefficient (Wildman–Crippen LogP) is -0.543. The zero-order valence-corrected chi connectivity index (χ0v) is 14.0. The molecular weight excluding hydrogens is 334 g/mol. The zero-order valence-electron chi connectivity index (χ0n) is 11.6. The number of aryl methyl sites for hydroxylation is 1. The molecule has 0 aliphatic carbocycles. The van der Waals surface area contributed by atoms with E-state index in [9.17, 15) is 16.8 Å². The van der Waals surface area contributed by atoms with Gasteiger partial charge in [0.25, 0.3) is 0 Å². The van der Waals surface area contributed by atoms with Gasteiger partial charge >= 0.3 is 0 Å². The summed E-state index contributed by atoms with van der Waals surface area (Å²) in [6, 6.07) is 4.40. The molecule has 0 bridgehead atoms. The monoisotopic (exact) mass is 351 g/mol. The van der Waals surface area contributed by atoms with Crippen LogP contribution in [0, 0.1) is 6.92 Å². The van der Waals surface area contributed by atoms with Gasteiger partial charge < -0.3 is 5.73 Å². The summed E-state index contributed by atoms with van der Waals surface area (Å²) in [6.07, 6.45) is 0.999. The van der Waals surface area contributed by atoms with Crippen LogP contribution in [0.15, 0.2) is 23.1 Å². The molecule has 0 amide bonds. The van der Waals surface area contributed by atoms with Gasteiger partial charge in [0.15, 0.2) is 0 Å². The molecule has 10 heteroatoms. The van der Waals surface area contributed by atoms with E-state index in [1.54, 1.807) is 13.0 Å². The Morgan fingerprint density at radius 1 is 1.19 bits per heavy atom. The maximum atomic E-state index is 12.0. The summed E-state index contributed by atoms with van der Waals surface area (Å²) < 4.78 is 50.3. The van der Waals surface area contributed by atoms with Crippen LogP contribution in [0.1, 0.15) is 11.1 Å². The van der Waals surface area contributed by atoms with Crippen molar-refractivity contribution in [2.75, 3.05) is 19.3 Å². The Kier molecular flexibility index (Phi) is 5.82. The summed E-state index contributed by atoms with van der Waals surface area (Å²) in [7, 11) is -7.05. The average molecular weight is 351 g/mol. The number of rotatable bonds is 7. The Bertz CT molecular complexity index is 742. The summed E-state index contributed by atoms with van der Waals surface area (Å²) in [5, 5.41) is 0. The number of hydrogen-bond acceptors (Lipinski definition) is 5. The van der Waals surface area contributed by atoms with Gasteiger partial charge in [-0.05, 0) is 24.6 Å². The molecule has 21 heavy (non-hydrogen) atoms. The van der Waals surface area contributed by atoms with Crippen LogP contribution in [0.5, 0.6) is 0 Å². The van der Waals surface area contributed by atoms with E-state index in [4.69, 9.17) is 18.0 Å². The number of benzene rings is 1. The highest BCUT2D eigenvalue weighted by molar-refractivity contribution is 7.89. The fraction of sp³-hybridized carbons (Fsp3) is 0.364. The molecule has 1 aromatic rings.